The third kappa shape index (κ3) is 2.03. The molecule has 1 rings (SSSR count). The zero-order valence-electron chi connectivity index (χ0n) is 5.21. The molecule has 5 heteroatoms. The van der Waals surface area contributed by atoms with Crippen LogP contribution in [0.25, 0.3) is 0 Å². The number of aliphatic hydroxyl groups is 1. The number of aromatic nitrogens is 1. The SMILES string of the molecule is C#C[C@H](O)c1nc(Br)sc1Br. The number of hydrogen-bond acceptors (Lipinski definition) is 3. The summed E-state index contributed by atoms with van der Waals surface area (Å²) in [5.41, 5.74) is 0.490. The molecule has 0 fully saturated rings. The molecule has 0 spiro atoms. The largest absolute Gasteiger partial charge is 0.374 e. The molecular formula is C6H3Br2NOS. The van der Waals surface area contributed by atoms with E-state index in [4.69, 9.17) is 6.42 Å². The van der Waals surface area contributed by atoms with Gasteiger partial charge in [0.05, 0.1) is 3.79 Å². The number of aliphatic hydroxyl groups excluding tert-OH is 1. The quantitative estimate of drug-likeness (QED) is 0.807. The van der Waals surface area contributed by atoms with Gasteiger partial charge in [-0.3, -0.25) is 0 Å². The van der Waals surface area contributed by atoms with Gasteiger partial charge in [-0.15, -0.1) is 6.42 Å². The van der Waals surface area contributed by atoms with Crippen molar-refractivity contribution in [1.29, 1.82) is 0 Å². The molecule has 1 heterocycles. The minimum absolute atomic E-state index is 0.490. The lowest BCUT2D eigenvalue weighted by atomic mass is 10.3. The van der Waals surface area contributed by atoms with E-state index in [-0.39, 0.29) is 0 Å². The minimum Gasteiger partial charge on any atom is -0.374 e. The van der Waals surface area contributed by atoms with Crippen LogP contribution >= 0.6 is 43.2 Å². The van der Waals surface area contributed by atoms with E-state index in [1.54, 1.807) is 0 Å². The van der Waals surface area contributed by atoms with Crippen molar-refractivity contribution in [1.82, 2.24) is 4.98 Å². The van der Waals surface area contributed by atoms with Gasteiger partial charge in [-0.05, 0) is 31.9 Å². The zero-order chi connectivity index (χ0) is 8.43. The highest BCUT2D eigenvalue weighted by molar-refractivity contribution is 9.12. The topological polar surface area (TPSA) is 33.1 Å². The molecule has 0 aromatic carbocycles. The zero-order valence-corrected chi connectivity index (χ0v) is 9.20. The number of terminal acetylenes is 1. The maximum atomic E-state index is 9.18. The fourth-order valence-electron chi connectivity index (χ4n) is 0.535. The second kappa shape index (κ2) is 3.68. The van der Waals surface area contributed by atoms with E-state index >= 15 is 0 Å². The average molecular weight is 297 g/mol. The van der Waals surface area contributed by atoms with E-state index in [1.807, 2.05) is 0 Å². The Bertz CT molecular complexity index is 304. The van der Waals surface area contributed by atoms with E-state index in [2.05, 4.69) is 42.8 Å². The summed E-state index contributed by atoms with van der Waals surface area (Å²) in [7, 11) is 0. The fraction of sp³-hybridized carbons (Fsp3) is 0.167. The van der Waals surface area contributed by atoms with Crippen molar-refractivity contribution < 1.29 is 5.11 Å². The van der Waals surface area contributed by atoms with Crippen molar-refractivity contribution in [3.63, 3.8) is 0 Å². The predicted molar refractivity (Wildman–Crippen MR) is 51.3 cm³/mol. The van der Waals surface area contributed by atoms with Crippen molar-refractivity contribution in [2.24, 2.45) is 0 Å². The highest BCUT2D eigenvalue weighted by Crippen LogP contribution is 2.31. The average Bonchev–Trinajstić information content (AvgIpc) is 2.28. The van der Waals surface area contributed by atoms with Crippen molar-refractivity contribution in [2.75, 3.05) is 0 Å². The molecule has 0 aliphatic rings. The lowest BCUT2D eigenvalue weighted by Crippen LogP contribution is -1.93. The molecule has 2 nitrogen and oxygen atoms in total. The molecule has 0 bridgehead atoms. The molecule has 0 unspecified atom stereocenters. The first-order chi connectivity index (χ1) is 5.15. The van der Waals surface area contributed by atoms with Crippen LogP contribution in [-0.2, 0) is 0 Å². The van der Waals surface area contributed by atoms with Gasteiger partial charge in [0.1, 0.15) is 5.69 Å². The molecule has 0 aliphatic heterocycles. The Kier molecular flexibility index (Phi) is 3.07. The second-order valence-electron chi connectivity index (χ2n) is 1.69. The Morgan fingerprint density at radius 2 is 2.27 bits per heavy atom. The first-order valence-corrected chi connectivity index (χ1v) is 5.01. The Labute approximate surface area is 84.9 Å². The summed E-state index contributed by atoms with van der Waals surface area (Å²) in [6.07, 6.45) is 4.09. The summed E-state index contributed by atoms with van der Waals surface area (Å²) >= 11 is 7.79. The Morgan fingerprint density at radius 1 is 1.64 bits per heavy atom. The van der Waals surface area contributed by atoms with Crippen LogP contribution in [0, 0.1) is 12.3 Å². The summed E-state index contributed by atoms with van der Waals surface area (Å²) in [5, 5.41) is 9.18. The number of halogens is 2. The van der Waals surface area contributed by atoms with E-state index < -0.39 is 6.10 Å². The highest BCUT2D eigenvalue weighted by atomic mass is 79.9. The van der Waals surface area contributed by atoms with Gasteiger partial charge in [-0.25, -0.2) is 4.98 Å². The van der Waals surface area contributed by atoms with Gasteiger partial charge in [0, 0.05) is 0 Å². The summed E-state index contributed by atoms with van der Waals surface area (Å²) in [6.45, 7) is 0. The summed E-state index contributed by atoms with van der Waals surface area (Å²) < 4.78 is 1.46. The smallest absolute Gasteiger partial charge is 0.160 e. The number of rotatable bonds is 1. The summed E-state index contributed by atoms with van der Waals surface area (Å²) in [5.74, 6) is 2.18. The molecule has 1 aromatic heterocycles. The fourth-order valence-corrected chi connectivity index (χ4v) is 3.18. The Balaban J connectivity index is 3.05. The molecule has 0 amide bonds. The lowest BCUT2D eigenvalue weighted by molar-refractivity contribution is 0.233. The van der Waals surface area contributed by atoms with E-state index in [0.29, 0.717) is 9.61 Å². The molecular weight excluding hydrogens is 294 g/mol. The van der Waals surface area contributed by atoms with Gasteiger partial charge in [0.15, 0.2) is 10.0 Å². The van der Waals surface area contributed by atoms with Crippen molar-refractivity contribution in [3.05, 3.63) is 13.4 Å². The van der Waals surface area contributed by atoms with Crippen LogP contribution in [0.2, 0.25) is 0 Å². The Morgan fingerprint density at radius 3 is 2.64 bits per heavy atom. The maximum Gasteiger partial charge on any atom is 0.160 e. The van der Waals surface area contributed by atoms with Gasteiger partial charge in [-0.1, -0.05) is 17.3 Å². The van der Waals surface area contributed by atoms with Gasteiger partial charge in [0.2, 0.25) is 0 Å². The molecule has 0 aliphatic carbocycles. The van der Waals surface area contributed by atoms with Crippen molar-refractivity contribution >= 4 is 43.2 Å². The van der Waals surface area contributed by atoms with Crippen LogP contribution in [0.5, 0.6) is 0 Å². The molecule has 11 heavy (non-hydrogen) atoms. The van der Waals surface area contributed by atoms with Crippen LogP contribution in [0.15, 0.2) is 7.70 Å². The van der Waals surface area contributed by atoms with Crippen LogP contribution in [0.4, 0.5) is 0 Å². The third-order valence-electron chi connectivity index (χ3n) is 1.00. The maximum absolute atomic E-state index is 9.18. The lowest BCUT2D eigenvalue weighted by Gasteiger charge is -1.96. The molecule has 1 aromatic rings. The van der Waals surface area contributed by atoms with E-state index in [1.165, 1.54) is 11.3 Å². The van der Waals surface area contributed by atoms with E-state index in [9.17, 15) is 5.11 Å². The third-order valence-corrected chi connectivity index (χ3v) is 3.20. The minimum atomic E-state index is -0.924. The van der Waals surface area contributed by atoms with Crippen LogP contribution in [0.1, 0.15) is 11.8 Å². The summed E-state index contributed by atoms with van der Waals surface area (Å²) in [4.78, 5) is 3.98. The van der Waals surface area contributed by atoms with E-state index in [0.717, 1.165) is 3.79 Å². The molecule has 0 saturated heterocycles. The molecule has 58 valence electrons. The predicted octanol–water partition coefficient (Wildman–Crippen LogP) is 2.33. The van der Waals surface area contributed by atoms with Crippen molar-refractivity contribution in [2.45, 2.75) is 6.10 Å². The van der Waals surface area contributed by atoms with Gasteiger partial charge < -0.3 is 5.11 Å². The number of nitrogens with zero attached hydrogens (tertiary/aromatic N) is 1. The monoisotopic (exact) mass is 295 g/mol. The summed E-state index contributed by atoms with van der Waals surface area (Å²) in [6, 6.07) is 0. The standard InChI is InChI=1S/C6H3Br2NOS/c1-2-3(10)4-5(7)11-6(8)9-4/h1,3,10H/t3-/m0/s1. The molecule has 0 radical (unpaired) electrons. The normalized spacial score (nSPS) is 12.5. The number of hydrogen-bond donors (Lipinski definition) is 1. The van der Waals surface area contributed by atoms with Gasteiger partial charge in [-0.2, -0.15) is 0 Å². The first-order valence-electron chi connectivity index (χ1n) is 2.61. The van der Waals surface area contributed by atoms with Gasteiger partial charge in [0.25, 0.3) is 0 Å². The van der Waals surface area contributed by atoms with Crippen LogP contribution in [-0.4, -0.2) is 10.1 Å². The molecule has 0 saturated carbocycles. The van der Waals surface area contributed by atoms with Crippen LogP contribution < -0.4 is 0 Å². The second-order valence-corrected chi connectivity index (χ2v) is 5.29. The highest BCUT2D eigenvalue weighted by Gasteiger charge is 2.13. The number of thiazole rings is 1. The first kappa shape index (κ1) is 9.20. The van der Waals surface area contributed by atoms with Gasteiger partial charge >= 0.3 is 0 Å². The van der Waals surface area contributed by atoms with Crippen LogP contribution in [0.3, 0.4) is 0 Å². The molecule has 1 atom stereocenters. The Hall–Kier alpha value is 0.110. The molecule has 1 N–H and O–H groups in total. The van der Waals surface area contributed by atoms with Crippen molar-refractivity contribution in [3.8, 4) is 12.3 Å².